The van der Waals surface area contributed by atoms with Crippen LogP contribution in [0.4, 0.5) is 0 Å². The van der Waals surface area contributed by atoms with Crippen molar-refractivity contribution in [1.82, 2.24) is 4.90 Å². The number of fused-ring (bicyclic) bond motifs is 3. The van der Waals surface area contributed by atoms with Gasteiger partial charge < -0.3 is 9.47 Å². The van der Waals surface area contributed by atoms with Crippen LogP contribution in [0.25, 0.3) is 0 Å². The second-order valence-corrected chi connectivity index (χ2v) is 5.60. The topological polar surface area (TPSA) is 42.1 Å². The molecule has 5 aliphatic heterocycles. The highest BCUT2D eigenvalue weighted by molar-refractivity contribution is 5.88. The third-order valence-corrected chi connectivity index (χ3v) is 5.03. The second-order valence-electron chi connectivity index (χ2n) is 5.60. The van der Waals surface area contributed by atoms with E-state index in [4.69, 9.17) is 9.47 Å². The van der Waals surface area contributed by atoms with Gasteiger partial charge in [-0.2, -0.15) is 0 Å². The number of ether oxygens (including phenoxy) is 2. The van der Waals surface area contributed by atoms with Crippen LogP contribution < -0.4 is 0 Å². The van der Waals surface area contributed by atoms with Crippen LogP contribution in [0.5, 0.6) is 0 Å². The Kier molecular flexibility index (Phi) is 1.14. The fourth-order valence-electron chi connectivity index (χ4n) is 4.48. The summed E-state index contributed by atoms with van der Waals surface area (Å²) in [4.78, 5) is 14.1. The molecule has 5 aliphatic rings. The van der Waals surface area contributed by atoms with Gasteiger partial charge in [0.2, 0.25) is 0 Å². The van der Waals surface area contributed by atoms with Gasteiger partial charge in [-0.15, -0.1) is 0 Å². The van der Waals surface area contributed by atoms with E-state index in [0.717, 1.165) is 18.5 Å². The zero-order chi connectivity index (χ0) is 10.5. The van der Waals surface area contributed by atoms with Gasteiger partial charge in [-0.25, -0.2) is 4.79 Å². The van der Waals surface area contributed by atoms with E-state index in [0.29, 0.717) is 18.2 Å². The molecule has 4 saturated heterocycles. The first-order valence-electron chi connectivity index (χ1n) is 6.16. The van der Waals surface area contributed by atoms with Crippen LogP contribution in [-0.2, 0) is 14.3 Å². The van der Waals surface area contributed by atoms with Gasteiger partial charge in [-0.05, 0) is 19.4 Å². The van der Waals surface area contributed by atoms with Crippen LogP contribution in [0.3, 0.4) is 0 Å². The highest BCUT2D eigenvalue weighted by Crippen LogP contribution is 2.60. The van der Waals surface area contributed by atoms with Gasteiger partial charge >= 0.3 is 5.97 Å². The molecule has 4 nitrogen and oxygen atoms in total. The number of carbonyl (C=O) groups excluding carboxylic acids is 1. The van der Waals surface area contributed by atoms with E-state index in [2.05, 4.69) is 4.90 Å². The summed E-state index contributed by atoms with van der Waals surface area (Å²) in [6.45, 7) is 1.15. The minimum Gasteiger partial charge on any atom is -0.449 e. The van der Waals surface area contributed by atoms with Gasteiger partial charge in [0.1, 0.15) is 12.2 Å². The molecule has 0 unspecified atom stereocenters. The lowest BCUT2D eigenvalue weighted by molar-refractivity contribution is -0.147. The lowest BCUT2D eigenvalue weighted by Crippen LogP contribution is -2.44. The van der Waals surface area contributed by atoms with E-state index in [9.17, 15) is 4.79 Å². The van der Waals surface area contributed by atoms with Crippen molar-refractivity contribution in [3.8, 4) is 0 Å². The molecular weight excluding hydrogens is 206 g/mol. The molecule has 5 rings (SSSR count). The summed E-state index contributed by atoms with van der Waals surface area (Å²) < 4.78 is 11.4. The lowest BCUT2D eigenvalue weighted by Gasteiger charge is -2.32. The molecule has 0 amide bonds. The molecule has 16 heavy (non-hydrogen) atoms. The summed E-state index contributed by atoms with van der Waals surface area (Å²) in [5.74, 6) is -0.154. The van der Waals surface area contributed by atoms with Crippen molar-refractivity contribution in [2.75, 3.05) is 6.54 Å². The van der Waals surface area contributed by atoms with Crippen molar-refractivity contribution in [3.05, 3.63) is 11.6 Å². The number of rotatable bonds is 0. The van der Waals surface area contributed by atoms with Crippen LogP contribution in [0.2, 0.25) is 0 Å². The van der Waals surface area contributed by atoms with Gasteiger partial charge in [0.05, 0.1) is 6.04 Å². The highest BCUT2D eigenvalue weighted by Gasteiger charge is 2.72. The predicted molar refractivity (Wildman–Crippen MR) is 53.7 cm³/mol. The predicted octanol–water partition coefficient (Wildman–Crippen LogP) is 0.226. The van der Waals surface area contributed by atoms with E-state index in [1.807, 2.05) is 0 Å². The first-order valence-corrected chi connectivity index (χ1v) is 6.16. The normalized spacial score (nSPS) is 56.5. The molecule has 1 spiro atoms. The Bertz CT molecular complexity index is 446. The molecule has 0 radical (unpaired) electrons. The van der Waals surface area contributed by atoms with Crippen LogP contribution in [0.15, 0.2) is 11.6 Å². The summed E-state index contributed by atoms with van der Waals surface area (Å²) in [5.41, 5.74) is 0.851. The van der Waals surface area contributed by atoms with Crippen LogP contribution in [0, 0.1) is 0 Å². The molecule has 0 aromatic heterocycles. The second kappa shape index (κ2) is 2.22. The summed E-state index contributed by atoms with van der Waals surface area (Å²) in [6.07, 6.45) is 5.60. The van der Waals surface area contributed by atoms with Gasteiger partial charge in [-0.1, -0.05) is 0 Å². The molecule has 0 aliphatic carbocycles. The number of carbonyl (C=O) groups is 1. The van der Waals surface area contributed by atoms with E-state index >= 15 is 0 Å². The molecule has 0 aromatic carbocycles. The van der Waals surface area contributed by atoms with E-state index in [-0.39, 0.29) is 17.7 Å². The third-order valence-electron chi connectivity index (χ3n) is 5.03. The monoisotopic (exact) mass is 219 g/mol. The number of esters is 1. The Hall–Kier alpha value is -0.870. The van der Waals surface area contributed by atoms with Gasteiger partial charge in [0, 0.05) is 24.1 Å². The molecule has 84 valence electrons. The molecule has 0 aromatic rings. The van der Waals surface area contributed by atoms with Crippen LogP contribution >= 0.6 is 0 Å². The number of nitrogens with zero attached hydrogens (tertiary/aromatic N) is 1. The van der Waals surface area contributed by atoms with Gasteiger partial charge in [0.15, 0.2) is 5.60 Å². The maximum Gasteiger partial charge on any atom is 0.331 e. The SMILES string of the molecule is O=C1C=C2[C@@H]3O[C@@H]3[C@@H]3C[C@@]2(O1)[C@H]1CCCN31. The molecule has 2 bridgehead atoms. The van der Waals surface area contributed by atoms with Gasteiger partial charge in [0.25, 0.3) is 0 Å². The maximum atomic E-state index is 11.6. The number of hydrogen-bond acceptors (Lipinski definition) is 4. The Labute approximate surface area is 93.2 Å². The van der Waals surface area contributed by atoms with Crippen molar-refractivity contribution < 1.29 is 14.3 Å². The Balaban J connectivity index is 1.73. The van der Waals surface area contributed by atoms with Crippen molar-refractivity contribution in [2.24, 2.45) is 0 Å². The Morgan fingerprint density at radius 2 is 2.44 bits per heavy atom. The van der Waals surface area contributed by atoms with Crippen LogP contribution in [-0.4, -0.2) is 47.3 Å². The average Bonchev–Trinajstić information content (AvgIpc) is 2.69. The molecular formula is C12H13NO3. The lowest BCUT2D eigenvalue weighted by atomic mass is 9.78. The number of epoxide rings is 1. The fraction of sp³-hybridized carbons (Fsp3) is 0.750. The summed E-state index contributed by atoms with van der Waals surface area (Å²) in [6, 6.07) is 0.937. The first-order chi connectivity index (χ1) is 7.79. The zero-order valence-corrected chi connectivity index (χ0v) is 8.89. The average molecular weight is 219 g/mol. The van der Waals surface area contributed by atoms with E-state index in [1.165, 1.54) is 12.8 Å². The van der Waals surface area contributed by atoms with Crippen molar-refractivity contribution in [1.29, 1.82) is 0 Å². The minimum absolute atomic E-state index is 0.154. The summed E-state index contributed by atoms with van der Waals surface area (Å²) in [7, 11) is 0. The number of hydrogen-bond donors (Lipinski definition) is 0. The zero-order valence-electron chi connectivity index (χ0n) is 8.89. The maximum absolute atomic E-state index is 11.6. The van der Waals surface area contributed by atoms with Crippen molar-refractivity contribution in [2.45, 2.75) is 49.2 Å². The fourth-order valence-corrected chi connectivity index (χ4v) is 4.48. The third kappa shape index (κ3) is 0.684. The van der Waals surface area contributed by atoms with Crippen molar-refractivity contribution >= 4 is 5.97 Å². The highest BCUT2D eigenvalue weighted by atomic mass is 16.6. The largest absolute Gasteiger partial charge is 0.449 e. The molecule has 5 atom stereocenters. The molecule has 5 heterocycles. The quantitative estimate of drug-likeness (QED) is 0.432. The summed E-state index contributed by atoms with van der Waals surface area (Å²) in [5, 5.41) is 0. The Morgan fingerprint density at radius 3 is 3.38 bits per heavy atom. The smallest absolute Gasteiger partial charge is 0.331 e. The first kappa shape index (κ1) is 8.25. The molecule has 0 N–H and O–H groups in total. The van der Waals surface area contributed by atoms with E-state index in [1.54, 1.807) is 6.08 Å². The summed E-state index contributed by atoms with van der Waals surface area (Å²) >= 11 is 0. The standard InChI is InChI=1S/C12H13NO3/c14-9-4-6-10-11(15-10)7-5-12(6,16-9)8-2-1-3-13(7)8/h4,7-8,10-11H,1-3,5H2/t7-,8+,10-,11+,12-/m0/s1. The minimum atomic E-state index is -0.296. The molecule has 4 heteroatoms. The molecule has 0 saturated carbocycles. The Morgan fingerprint density at radius 1 is 1.50 bits per heavy atom. The van der Waals surface area contributed by atoms with Crippen molar-refractivity contribution in [3.63, 3.8) is 0 Å². The van der Waals surface area contributed by atoms with E-state index < -0.39 is 0 Å². The van der Waals surface area contributed by atoms with Gasteiger partial charge in [-0.3, -0.25) is 4.90 Å². The van der Waals surface area contributed by atoms with Crippen LogP contribution in [0.1, 0.15) is 19.3 Å². The molecule has 4 fully saturated rings.